The fourth-order valence-corrected chi connectivity index (χ4v) is 1.46. The molecule has 7 heteroatoms. The molecule has 4 N–H and O–H groups in total. The zero-order valence-electron chi connectivity index (χ0n) is 8.13. The summed E-state index contributed by atoms with van der Waals surface area (Å²) in [4.78, 5) is 10.7. The van der Waals surface area contributed by atoms with Gasteiger partial charge >= 0.3 is 0 Å². The van der Waals surface area contributed by atoms with Gasteiger partial charge in [-0.2, -0.15) is 0 Å². The molecule has 1 rings (SSSR count). The molecule has 1 saturated heterocycles. The topological polar surface area (TPSA) is 99.0 Å². The molecule has 6 nitrogen and oxygen atoms in total. The fraction of sp³-hybridized carbons (Fsp3) is 0.875. The highest BCUT2D eigenvalue weighted by molar-refractivity contribution is 5.73. The molecule has 0 saturated carbocycles. The number of amides is 1. The normalized spacial score (nSPS) is 41.3. The summed E-state index contributed by atoms with van der Waals surface area (Å²) in [5.74, 6) is -0.517. The van der Waals surface area contributed by atoms with Crippen LogP contribution in [0.5, 0.6) is 0 Å². The molecule has 0 aromatic rings. The van der Waals surface area contributed by atoms with E-state index < -0.39 is 43.2 Å². The largest absolute Gasteiger partial charge is 0.394 e. The van der Waals surface area contributed by atoms with E-state index in [0.29, 0.717) is 0 Å². The maximum atomic E-state index is 13.3. The second-order valence-corrected chi connectivity index (χ2v) is 3.41. The summed E-state index contributed by atoms with van der Waals surface area (Å²) >= 11 is 0. The predicted molar refractivity (Wildman–Crippen MR) is 46.5 cm³/mol. The van der Waals surface area contributed by atoms with Crippen LogP contribution in [0.4, 0.5) is 4.39 Å². The van der Waals surface area contributed by atoms with Gasteiger partial charge in [0, 0.05) is 6.92 Å². The molecule has 5 atom stereocenters. The van der Waals surface area contributed by atoms with Crippen LogP contribution in [0.3, 0.4) is 0 Å². The number of alkyl halides is 1. The second kappa shape index (κ2) is 4.84. The predicted octanol–water partition coefficient (Wildman–Crippen LogP) is -2.10. The number of nitrogens with one attached hydrogen (secondary N) is 1. The Balaban J connectivity index is 2.70. The zero-order chi connectivity index (χ0) is 11.6. The summed E-state index contributed by atoms with van der Waals surface area (Å²) in [6.45, 7) is 0.521. The molecule has 1 heterocycles. The van der Waals surface area contributed by atoms with Crippen LogP contribution in [0, 0.1) is 0 Å². The third-order valence-corrected chi connectivity index (χ3v) is 2.22. The minimum Gasteiger partial charge on any atom is -0.394 e. The van der Waals surface area contributed by atoms with Crippen LogP contribution in [-0.4, -0.2) is 58.5 Å². The quantitative estimate of drug-likeness (QED) is 0.430. The molecule has 15 heavy (non-hydrogen) atoms. The Morgan fingerprint density at radius 1 is 1.53 bits per heavy atom. The van der Waals surface area contributed by atoms with Gasteiger partial charge in [0.1, 0.15) is 18.2 Å². The van der Waals surface area contributed by atoms with Crippen LogP contribution >= 0.6 is 0 Å². The van der Waals surface area contributed by atoms with Crippen molar-refractivity contribution in [3.8, 4) is 0 Å². The SMILES string of the molecule is CC(=O)N[C@H]1[C@H](O)[C@@H](F)[C@H](CO)O[C@H]1O. The van der Waals surface area contributed by atoms with E-state index in [1.165, 1.54) is 6.92 Å². The van der Waals surface area contributed by atoms with Crippen molar-refractivity contribution in [3.63, 3.8) is 0 Å². The average Bonchev–Trinajstić information content (AvgIpc) is 2.18. The lowest BCUT2D eigenvalue weighted by Gasteiger charge is -2.38. The van der Waals surface area contributed by atoms with Crippen molar-refractivity contribution in [3.05, 3.63) is 0 Å². The maximum Gasteiger partial charge on any atom is 0.217 e. The molecule has 0 aromatic carbocycles. The molecule has 0 aromatic heterocycles. The highest BCUT2D eigenvalue weighted by atomic mass is 19.1. The van der Waals surface area contributed by atoms with Gasteiger partial charge in [-0.15, -0.1) is 0 Å². The summed E-state index contributed by atoms with van der Waals surface area (Å²) in [6, 6.07) is -1.22. The molecule has 0 aliphatic carbocycles. The van der Waals surface area contributed by atoms with E-state index in [9.17, 15) is 19.4 Å². The third-order valence-electron chi connectivity index (χ3n) is 2.22. The van der Waals surface area contributed by atoms with Crippen LogP contribution in [-0.2, 0) is 9.53 Å². The van der Waals surface area contributed by atoms with Crippen molar-refractivity contribution >= 4 is 5.91 Å². The van der Waals surface area contributed by atoms with Crippen LogP contribution < -0.4 is 5.32 Å². The van der Waals surface area contributed by atoms with E-state index in [1.807, 2.05) is 0 Å². The number of hydrogen-bond donors (Lipinski definition) is 4. The van der Waals surface area contributed by atoms with Crippen LogP contribution in [0.25, 0.3) is 0 Å². The van der Waals surface area contributed by atoms with Gasteiger partial charge in [-0.05, 0) is 0 Å². The van der Waals surface area contributed by atoms with E-state index in [4.69, 9.17) is 5.11 Å². The summed E-state index contributed by atoms with van der Waals surface area (Å²) in [7, 11) is 0. The van der Waals surface area contributed by atoms with E-state index in [1.54, 1.807) is 0 Å². The molecule has 0 spiro atoms. The number of hydrogen-bond acceptors (Lipinski definition) is 5. The Bertz CT molecular complexity index is 239. The van der Waals surface area contributed by atoms with Gasteiger partial charge in [-0.1, -0.05) is 0 Å². The molecule has 1 amide bonds. The van der Waals surface area contributed by atoms with Crippen molar-refractivity contribution in [2.24, 2.45) is 0 Å². The molecule has 1 aliphatic rings. The maximum absolute atomic E-state index is 13.3. The van der Waals surface area contributed by atoms with E-state index >= 15 is 0 Å². The Kier molecular flexibility index (Phi) is 3.97. The van der Waals surface area contributed by atoms with Gasteiger partial charge in [0.15, 0.2) is 12.5 Å². The summed E-state index contributed by atoms with van der Waals surface area (Å²) in [5, 5.41) is 29.6. The van der Waals surface area contributed by atoms with Crippen LogP contribution in [0.15, 0.2) is 0 Å². The molecule has 0 radical (unpaired) electrons. The summed E-state index contributed by atoms with van der Waals surface area (Å²) in [5.41, 5.74) is 0. The Morgan fingerprint density at radius 2 is 2.13 bits per heavy atom. The number of rotatable bonds is 2. The van der Waals surface area contributed by atoms with Crippen molar-refractivity contribution in [1.82, 2.24) is 5.32 Å². The van der Waals surface area contributed by atoms with E-state index in [2.05, 4.69) is 10.1 Å². The number of ether oxygens (including phenoxy) is 1. The number of halogens is 1. The minimum atomic E-state index is -1.85. The van der Waals surface area contributed by atoms with Crippen molar-refractivity contribution in [1.29, 1.82) is 0 Å². The Labute approximate surface area is 85.7 Å². The van der Waals surface area contributed by atoms with E-state index in [0.717, 1.165) is 0 Å². The number of carbonyl (C=O) groups excluding carboxylic acids is 1. The number of carbonyl (C=O) groups is 1. The molecular formula is C8H14FNO5. The van der Waals surface area contributed by atoms with Crippen molar-refractivity contribution in [2.75, 3.05) is 6.61 Å². The molecule has 0 unspecified atom stereocenters. The first-order valence-corrected chi connectivity index (χ1v) is 4.51. The average molecular weight is 223 g/mol. The summed E-state index contributed by atoms with van der Waals surface area (Å²) in [6.07, 6.45) is -6.27. The molecule has 88 valence electrons. The molecular weight excluding hydrogens is 209 g/mol. The monoisotopic (exact) mass is 223 g/mol. The lowest BCUT2D eigenvalue weighted by atomic mass is 9.98. The van der Waals surface area contributed by atoms with Gasteiger partial charge in [-0.25, -0.2) is 4.39 Å². The second-order valence-electron chi connectivity index (χ2n) is 3.41. The Hall–Kier alpha value is -0.760. The van der Waals surface area contributed by atoms with Crippen molar-refractivity contribution in [2.45, 2.75) is 37.6 Å². The molecule has 1 fully saturated rings. The summed E-state index contributed by atoms with van der Waals surface area (Å²) < 4.78 is 18.0. The van der Waals surface area contributed by atoms with Crippen molar-refractivity contribution < 1.29 is 29.2 Å². The fourth-order valence-electron chi connectivity index (χ4n) is 1.46. The number of aliphatic hydroxyl groups is 3. The van der Waals surface area contributed by atoms with E-state index in [-0.39, 0.29) is 0 Å². The Morgan fingerprint density at radius 3 is 2.60 bits per heavy atom. The first-order chi connectivity index (χ1) is 6.97. The first kappa shape index (κ1) is 12.3. The smallest absolute Gasteiger partial charge is 0.217 e. The van der Waals surface area contributed by atoms with Crippen LogP contribution in [0.2, 0.25) is 0 Å². The lowest BCUT2D eigenvalue weighted by Crippen LogP contribution is -2.62. The molecule has 1 aliphatic heterocycles. The van der Waals surface area contributed by atoms with Gasteiger partial charge in [0.25, 0.3) is 0 Å². The standard InChI is InChI=1S/C8H14FNO5/c1-3(12)10-6-7(13)5(9)4(2-11)15-8(6)14/h4-8,11,13-14H,2H2,1H3,(H,10,12)/t4-,5-,6-,7+,8+/m0/s1. The zero-order valence-corrected chi connectivity index (χ0v) is 8.13. The van der Waals surface area contributed by atoms with Gasteiger partial charge in [-0.3, -0.25) is 4.79 Å². The molecule has 0 bridgehead atoms. The number of aliphatic hydroxyl groups excluding tert-OH is 3. The highest BCUT2D eigenvalue weighted by Gasteiger charge is 2.45. The van der Waals surface area contributed by atoms with Crippen LogP contribution in [0.1, 0.15) is 6.92 Å². The van der Waals surface area contributed by atoms with Gasteiger partial charge in [0.2, 0.25) is 5.91 Å². The van der Waals surface area contributed by atoms with Gasteiger partial charge in [0.05, 0.1) is 6.61 Å². The third kappa shape index (κ3) is 2.63. The first-order valence-electron chi connectivity index (χ1n) is 4.51. The minimum absolute atomic E-state index is 0.517. The highest BCUT2D eigenvalue weighted by Crippen LogP contribution is 2.22. The lowest BCUT2D eigenvalue weighted by molar-refractivity contribution is -0.240. The van der Waals surface area contributed by atoms with Gasteiger partial charge < -0.3 is 25.4 Å².